The summed E-state index contributed by atoms with van der Waals surface area (Å²) in [6.45, 7) is 6.77. The number of hydrogen-bond donors (Lipinski definition) is 1. The van der Waals surface area contributed by atoms with E-state index in [9.17, 15) is 13.2 Å². The summed E-state index contributed by atoms with van der Waals surface area (Å²) in [7, 11) is -3.57. The molecular formula is C19H24N4O3S. The lowest BCUT2D eigenvalue weighted by Gasteiger charge is -2.34. The number of nitrogens with zero attached hydrogens (tertiary/aromatic N) is 3. The summed E-state index contributed by atoms with van der Waals surface area (Å²) in [5.41, 5.74) is 4.30. The molecule has 144 valence electrons. The normalized spacial score (nSPS) is 28.1. The zero-order valence-electron chi connectivity index (χ0n) is 16.0. The summed E-state index contributed by atoms with van der Waals surface area (Å²) in [6.07, 6.45) is 5.82. The van der Waals surface area contributed by atoms with Crippen LogP contribution >= 0.6 is 0 Å². The number of pyridine rings is 1. The molecule has 2 atom stereocenters. The number of sulfone groups is 1. The average Bonchev–Trinajstić information content (AvgIpc) is 3.15. The van der Waals surface area contributed by atoms with Gasteiger partial charge in [0, 0.05) is 23.6 Å². The third-order valence-corrected chi connectivity index (χ3v) is 7.82. The predicted molar refractivity (Wildman–Crippen MR) is 102 cm³/mol. The lowest BCUT2D eigenvalue weighted by molar-refractivity contribution is 0.0950. The fourth-order valence-corrected chi connectivity index (χ4v) is 5.48. The molecule has 4 rings (SSSR count). The molecule has 2 bridgehead atoms. The Morgan fingerprint density at radius 2 is 2.07 bits per heavy atom. The molecule has 0 spiro atoms. The van der Waals surface area contributed by atoms with Crippen LogP contribution in [0.2, 0.25) is 0 Å². The maximum Gasteiger partial charge on any atom is 0.292 e. The molecule has 2 aromatic rings. The molecular weight excluding hydrogens is 364 g/mol. The number of carbonyl (C=O) groups is 1. The molecule has 1 amide bonds. The first-order valence-corrected chi connectivity index (χ1v) is 11.0. The number of amides is 1. The molecule has 2 saturated carbocycles. The monoisotopic (exact) mass is 388 g/mol. The molecule has 2 fully saturated rings. The first-order chi connectivity index (χ1) is 12.6. The molecule has 27 heavy (non-hydrogen) atoms. The number of rotatable bonds is 3. The smallest absolute Gasteiger partial charge is 0.290 e. The zero-order valence-corrected chi connectivity index (χ0v) is 16.8. The van der Waals surface area contributed by atoms with E-state index in [0.29, 0.717) is 11.4 Å². The van der Waals surface area contributed by atoms with E-state index in [-0.39, 0.29) is 21.7 Å². The van der Waals surface area contributed by atoms with Crippen LogP contribution in [0.3, 0.4) is 0 Å². The van der Waals surface area contributed by atoms with E-state index in [1.54, 1.807) is 24.4 Å². The van der Waals surface area contributed by atoms with Crippen molar-refractivity contribution < 1.29 is 13.2 Å². The third-order valence-electron chi connectivity index (χ3n) is 6.87. The third kappa shape index (κ3) is 2.53. The predicted octanol–water partition coefficient (Wildman–Crippen LogP) is 2.67. The molecule has 0 aliphatic heterocycles. The highest BCUT2D eigenvalue weighted by Crippen LogP contribution is 2.63. The van der Waals surface area contributed by atoms with Crippen molar-refractivity contribution in [3.05, 3.63) is 30.1 Å². The number of carbonyl (C=O) groups excluding carboxylic acids is 1. The van der Waals surface area contributed by atoms with Crippen LogP contribution in [0.25, 0.3) is 5.52 Å². The number of aromatic nitrogens is 2. The summed E-state index contributed by atoms with van der Waals surface area (Å²) in [4.78, 5) is 16.8. The molecule has 0 aromatic carbocycles. The Kier molecular flexibility index (Phi) is 3.79. The first-order valence-electron chi connectivity index (χ1n) is 9.10. The van der Waals surface area contributed by atoms with Crippen LogP contribution in [0, 0.1) is 16.7 Å². The van der Waals surface area contributed by atoms with Crippen molar-refractivity contribution in [1.29, 1.82) is 0 Å². The number of imidazole rings is 1. The van der Waals surface area contributed by atoms with Crippen molar-refractivity contribution in [2.75, 3.05) is 6.26 Å². The average molecular weight is 388 g/mol. The lowest BCUT2D eigenvalue weighted by atomic mass is 9.70. The van der Waals surface area contributed by atoms with E-state index < -0.39 is 15.7 Å². The number of hydrazone groups is 1. The van der Waals surface area contributed by atoms with Crippen molar-refractivity contribution >= 4 is 27.0 Å². The Balaban J connectivity index is 1.68. The van der Waals surface area contributed by atoms with Crippen LogP contribution in [-0.4, -0.2) is 35.7 Å². The second-order valence-electron chi connectivity index (χ2n) is 8.46. The van der Waals surface area contributed by atoms with Crippen LogP contribution in [0.1, 0.15) is 50.5 Å². The minimum absolute atomic E-state index is 0.0147. The van der Waals surface area contributed by atoms with Gasteiger partial charge in [-0.3, -0.25) is 9.20 Å². The van der Waals surface area contributed by atoms with Crippen molar-refractivity contribution in [2.45, 2.75) is 45.2 Å². The van der Waals surface area contributed by atoms with E-state index in [2.05, 4.69) is 36.3 Å². The molecule has 2 unspecified atom stereocenters. The van der Waals surface area contributed by atoms with Crippen molar-refractivity contribution in [3.63, 3.8) is 0 Å². The van der Waals surface area contributed by atoms with Gasteiger partial charge in [0.25, 0.3) is 5.91 Å². The van der Waals surface area contributed by atoms with Gasteiger partial charge in [0.05, 0.1) is 5.52 Å². The highest BCUT2D eigenvalue weighted by Gasteiger charge is 2.60. The van der Waals surface area contributed by atoms with Gasteiger partial charge in [-0.1, -0.05) is 26.8 Å². The second kappa shape index (κ2) is 5.64. The van der Waals surface area contributed by atoms with Gasteiger partial charge >= 0.3 is 0 Å². The van der Waals surface area contributed by atoms with Gasteiger partial charge in [-0.05, 0) is 42.7 Å². The quantitative estimate of drug-likeness (QED) is 0.818. The molecule has 2 aromatic heterocycles. The molecule has 2 heterocycles. The van der Waals surface area contributed by atoms with Crippen molar-refractivity contribution in [1.82, 2.24) is 14.8 Å². The topological polar surface area (TPSA) is 92.9 Å². The Morgan fingerprint density at radius 3 is 2.67 bits per heavy atom. The second-order valence-corrected chi connectivity index (χ2v) is 10.4. The SMILES string of the molecule is CC12CCC(C/C1=N\NC(=O)c1nc(S(C)(=O)=O)n3ccccc13)C2(C)C. The van der Waals surface area contributed by atoms with Crippen LogP contribution in [0.4, 0.5) is 0 Å². The summed E-state index contributed by atoms with van der Waals surface area (Å²) in [5.74, 6) is 0.0914. The van der Waals surface area contributed by atoms with Crippen LogP contribution < -0.4 is 5.43 Å². The molecule has 1 N–H and O–H groups in total. The summed E-state index contributed by atoms with van der Waals surface area (Å²) in [5, 5.41) is 4.30. The highest BCUT2D eigenvalue weighted by molar-refractivity contribution is 7.90. The fraction of sp³-hybridized carbons (Fsp3) is 0.526. The lowest BCUT2D eigenvalue weighted by Crippen LogP contribution is -2.34. The van der Waals surface area contributed by atoms with Gasteiger partial charge in [-0.2, -0.15) is 5.10 Å². The molecule has 0 saturated heterocycles. The molecule has 0 radical (unpaired) electrons. The largest absolute Gasteiger partial charge is 0.292 e. The molecule has 8 heteroatoms. The minimum atomic E-state index is -3.57. The summed E-state index contributed by atoms with van der Waals surface area (Å²) < 4.78 is 25.4. The van der Waals surface area contributed by atoms with Crippen LogP contribution in [0.5, 0.6) is 0 Å². The molecule has 7 nitrogen and oxygen atoms in total. The van der Waals surface area contributed by atoms with Crippen LogP contribution in [-0.2, 0) is 9.84 Å². The van der Waals surface area contributed by atoms with Gasteiger partial charge in [0.2, 0.25) is 15.0 Å². The van der Waals surface area contributed by atoms with Gasteiger partial charge in [0.15, 0.2) is 5.69 Å². The summed E-state index contributed by atoms with van der Waals surface area (Å²) in [6, 6.07) is 5.11. The van der Waals surface area contributed by atoms with E-state index in [4.69, 9.17) is 0 Å². The maximum absolute atomic E-state index is 12.7. The van der Waals surface area contributed by atoms with Gasteiger partial charge < -0.3 is 0 Å². The summed E-state index contributed by atoms with van der Waals surface area (Å²) >= 11 is 0. The number of hydrogen-bond acceptors (Lipinski definition) is 5. The molecule has 2 aliphatic carbocycles. The van der Waals surface area contributed by atoms with Crippen molar-refractivity contribution in [2.24, 2.45) is 21.8 Å². The molecule has 2 aliphatic rings. The van der Waals surface area contributed by atoms with Gasteiger partial charge in [-0.15, -0.1) is 0 Å². The van der Waals surface area contributed by atoms with E-state index in [1.807, 2.05) is 0 Å². The van der Waals surface area contributed by atoms with E-state index >= 15 is 0 Å². The van der Waals surface area contributed by atoms with Gasteiger partial charge in [-0.25, -0.2) is 18.8 Å². The van der Waals surface area contributed by atoms with Crippen molar-refractivity contribution in [3.8, 4) is 0 Å². The zero-order chi connectivity index (χ0) is 19.6. The maximum atomic E-state index is 12.7. The van der Waals surface area contributed by atoms with E-state index in [0.717, 1.165) is 24.8 Å². The first kappa shape index (κ1) is 18.2. The highest BCUT2D eigenvalue weighted by atomic mass is 32.2. The van der Waals surface area contributed by atoms with E-state index in [1.165, 1.54) is 10.8 Å². The Morgan fingerprint density at radius 1 is 1.33 bits per heavy atom. The Bertz CT molecular complexity index is 1080. The fourth-order valence-electron chi connectivity index (χ4n) is 4.71. The Labute approximate surface area is 158 Å². The number of fused-ring (bicyclic) bond motifs is 3. The number of nitrogens with one attached hydrogen (secondary N) is 1. The van der Waals surface area contributed by atoms with Gasteiger partial charge in [0.1, 0.15) is 0 Å². The minimum Gasteiger partial charge on any atom is -0.290 e. The Hall–Kier alpha value is -2.22. The standard InChI is InChI=1S/C19H24N4O3S/c1-18(2)12-8-9-19(18,3)14(11-12)21-22-16(24)15-13-7-5-6-10-23(13)17(20-15)27(4,25)26/h5-7,10,12H,8-9,11H2,1-4H3,(H,22,24)/b21-14+. The van der Waals surface area contributed by atoms with Crippen LogP contribution in [0.15, 0.2) is 34.7 Å².